The minimum absolute atomic E-state index is 0.616. The summed E-state index contributed by atoms with van der Waals surface area (Å²) in [6.45, 7) is 8.94. The second-order valence-electron chi connectivity index (χ2n) is 4.38. The maximum Gasteiger partial charge on any atom is 0.171 e. The van der Waals surface area contributed by atoms with Crippen LogP contribution in [-0.2, 0) is 7.05 Å². The molecule has 1 rings (SSSR count). The van der Waals surface area contributed by atoms with Gasteiger partial charge in [0.15, 0.2) is 12.4 Å². The molecule has 1 aromatic rings. The third-order valence-corrected chi connectivity index (χ3v) is 2.37. The maximum absolute atomic E-state index is 2.31. The number of aryl methyl sites for hydroxylation is 1. The van der Waals surface area contributed by atoms with Gasteiger partial charge in [0, 0.05) is 11.1 Å². The fourth-order valence-corrected chi connectivity index (χ4v) is 1.41. The number of aromatic nitrogens is 1. The van der Waals surface area contributed by atoms with Crippen LogP contribution in [-0.4, -0.2) is 0 Å². The van der Waals surface area contributed by atoms with Crippen molar-refractivity contribution in [2.75, 3.05) is 0 Å². The van der Waals surface area contributed by atoms with Crippen molar-refractivity contribution in [1.29, 1.82) is 0 Å². The van der Waals surface area contributed by atoms with Gasteiger partial charge in [0.25, 0.3) is 0 Å². The number of hydrogen-bond acceptors (Lipinski definition) is 0. The first-order chi connectivity index (χ1) is 6.00. The van der Waals surface area contributed by atoms with E-state index in [-0.39, 0.29) is 0 Å². The lowest BCUT2D eigenvalue weighted by Gasteiger charge is -2.08. The van der Waals surface area contributed by atoms with E-state index in [1.54, 1.807) is 0 Å². The second kappa shape index (κ2) is 3.91. The zero-order chi connectivity index (χ0) is 10.0. The third-order valence-electron chi connectivity index (χ3n) is 2.37. The van der Waals surface area contributed by atoms with Crippen molar-refractivity contribution in [3.63, 3.8) is 0 Å². The summed E-state index contributed by atoms with van der Waals surface area (Å²) >= 11 is 0. The monoisotopic (exact) mass is 178 g/mol. The molecule has 0 aromatic carbocycles. The summed E-state index contributed by atoms with van der Waals surface area (Å²) in [7, 11) is 2.10. The largest absolute Gasteiger partial charge is 0.207 e. The van der Waals surface area contributed by atoms with Crippen LogP contribution in [0.3, 0.4) is 0 Å². The molecule has 0 saturated carbocycles. The molecule has 0 radical (unpaired) electrons. The summed E-state index contributed by atoms with van der Waals surface area (Å²) < 4.78 is 2.16. The number of nitrogens with zero attached hydrogens (tertiary/aromatic N) is 1. The van der Waals surface area contributed by atoms with Crippen molar-refractivity contribution >= 4 is 0 Å². The van der Waals surface area contributed by atoms with Gasteiger partial charge in [-0.2, -0.15) is 0 Å². The molecule has 0 unspecified atom stereocenters. The smallest absolute Gasteiger partial charge is 0.171 e. The van der Waals surface area contributed by atoms with Crippen LogP contribution in [0.2, 0.25) is 0 Å². The van der Waals surface area contributed by atoms with Gasteiger partial charge in [0.05, 0.1) is 0 Å². The van der Waals surface area contributed by atoms with E-state index in [9.17, 15) is 0 Å². The molecule has 0 N–H and O–H groups in total. The van der Waals surface area contributed by atoms with Crippen LogP contribution in [0, 0.1) is 0 Å². The minimum atomic E-state index is 0.616. The van der Waals surface area contributed by atoms with Gasteiger partial charge >= 0.3 is 0 Å². The average molecular weight is 178 g/mol. The van der Waals surface area contributed by atoms with Crippen molar-refractivity contribution in [1.82, 2.24) is 0 Å². The SMILES string of the molecule is CC(C)c1cc(C(C)C)c[n+](C)c1. The van der Waals surface area contributed by atoms with Crippen molar-refractivity contribution in [2.45, 2.75) is 39.5 Å². The summed E-state index contributed by atoms with van der Waals surface area (Å²) in [6.07, 6.45) is 4.41. The van der Waals surface area contributed by atoms with Gasteiger partial charge < -0.3 is 0 Å². The number of rotatable bonds is 2. The molecule has 72 valence electrons. The van der Waals surface area contributed by atoms with Crippen molar-refractivity contribution in [3.8, 4) is 0 Å². The van der Waals surface area contributed by atoms with Crippen molar-refractivity contribution < 1.29 is 4.57 Å². The van der Waals surface area contributed by atoms with Gasteiger partial charge in [-0.1, -0.05) is 27.7 Å². The minimum Gasteiger partial charge on any atom is -0.207 e. The number of hydrogen-bond donors (Lipinski definition) is 0. The van der Waals surface area contributed by atoms with E-state index in [1.807, 2.05) is 0 Å². The van der Waals surface area contributed by atoms with Gasteiger partial charge in [0.1, 0.15) is 7.05 Å². The average Bonchev–Trinajstić information content (AvgIpc) is 2.03. The van der Waals surface area contributed by atoms with Crippen LogP contribution < -0.4 is 4.57 Å². The summed E-state index contributed by atoms with van der Waals surface area (Å²) in [5, 5.41) is 0. The van der Waals surface area contributed by atoms with Gasteiger partial charge in [-0.15, -0.1) is 0 Å². The van der Waals surface area contributed by atoms with Crippen LogP contribution in [0.1, 0.15) is 50.7 Å². The summed E-state index contributed by atoms with van der Waals surface area (Å²) in [4.78, 5) is 0. The first kappa shape index (κ1) is 10.2. The van der Waals surface area contributed by atoms with Crippen molar-refractivity contribution in [2.24, 2.45) is 7.05 Å². The molecule has 1 heterocycles. The fraction of sp³-hybridized carbons (Fsp3) is 0.583. The first-order valence-corrected chi connectivity index (χ1v) is 5.01. The second-order valence-corrected chi connectivity index (χ2v) is 4.38. The quantitative estimate of drug-likeness (QED) is 0.613. The zero-order valence-corrected chi connectivity index (χ0v) is 9.33. The van der Waals surface area contributed by atoms with Crippen LogP contribution in [0.4, 0.5) is 0 Å². The van der Waals surface area contributed by atoms with Gasteiger partial charge in [-0.05, 0) is 17.9 Å². The highest BCUT2D eigenvalue weighted by Gasteiger charge is 2.09. The van der Waals surface area contributed by atoms with E-state index in [4.69, 9.17) is 0 Å². The number of pyridine rings is 1. The molecule has 0 aliphatic rings. The van der Waals surface area contributed by atoms with E-state index in [0.29, 0.717) is 11.8 Å². The molecule has 0 bridgehead atoms. The molecule has 1 nitrogen and oxygen atoms in total. The topological polar surface area (TPSA) is 3.88 Å². The lowest BCUT2D eigenvalue weighted by molar-refractivity contribution is -0.672. The van der Waals surface area contributed by atoms with Gasteiger partial charge in [-0.25, -0.2) is 4.57 Å². The Morgan fingerprint density at radius 1 is 0.923 bits per heavy atom. The highest BCUT2D eigenvalue weighted by molar-refractivity contribution is 5.20. The highest BCUT2D eigenvalue weighted by atomic mass is 14.9. The lowest BCUT2D eigenvalue weighted by atomic mass is 9.99. The van der Waals surface area contributed by atoms with Crippen LogP contribution in [0.15, 0.2) is 18.5 Å². The predicted molar refractivity (Wildman–Crippen MR) is 55.8 cm³/mol. The lowest BCUT2D eigenvalue weighted by Crippen LogP contribution is -2.28. The molecule has 0 spiro atoms. The Morgan fingerprint density at radius 3 is 1.62 bits per heavy atom. The van der Waals surface area contributed by atoms with Crippen LogP contribution in [0.5, 0.6) is 0 Å². The first-order valence-electron chi connectivity index (χ1n) is 5.01. The predicted octanol–water partition coefficient (Wildman–Crippen LogP) is 2.76. The maximum atomic E-state index is 2.31. The molecule has 0 aliphatic heterocycles. The molecule has 0 fully saturated rings. The van der Waals surface area contributed by atoms with E-state index in [2.05, 4.69) is 57.8 Å². The van der Waals surface area contributed by atoms with E-state index in [1.165, 1.54) is 11.1 Å². The Kier molecular flexibility index (Phi) is 3.07. The van der Waals surface area contributed by atoms with Gasteiger partial charge in [-0.3, -0.25) is 0 Å². The summed E-state index contributed by atoms with van der Waals surface area (Å²) in [5.41, 5.74) is 2.85. The fourth-order valence-electron chi connectivity index (χ4n) is 1.41. The molecule has 0 saturated heterocycles. The molecule has 1 heteroatoms. The molecule has 13 heavy (non-hydrogen) atoms. The molecular weight excluding hydrogens is 158 g/mol. The Labute approximate surface area is 81.4 Å². The van der Waals surface area contributed by atoms with Crippen LogP contribution >= 0.6 is 0 Å². The molecule has 0 aliphatic carbocycles. The normalized spacial score (nSPS) is 11.3. The van der Waals surface area contributed by atoms with Gasteiger partial charge in [0.2, 0.25) is 0 Å². The molecular formula is C12H20N+. The zero-order valence-electron chi connectivity index (χ0n) is 9.33. The Morgan fingerprint density at radius 2 is 1.31 bits per heavy atom. The standard InChI is InChI=1S/C12H20N/c1-9(2)11-6-12(10(3)4)8-13(5)7-11/h6-10H,1-5H3/q+1. The Bertz CT molecular complexity index is 261. The molecule has 0 amide bonds. The summed E-state index contributed by atoms with van der Waals surface area (Å²) in [5.74, 6) is 1.23. The van der Waals surface area contributed by atoms with Crippen molar-refractivity contribution in [3.05, 3.63) is 29.6 Å². The van der Waals surface area contributed by atoms with E-state index in [0.717, 1.165) is 0 Å². The Hall–Kier alpha value is -0.850. The summed E-state index contributed by atoms with van der Waals surface area (Å²) in [6, 6.07) is 2.31. The highest BCUT2D eigenvalue weighted by Crippen LogP contribution is 2.18. The molecule has 1 aromatic heterocycles. The van der Waals surface area contributed by atoms with Crippen LogP contribution in [0.25, 0.3) is 0 Å². The van der Waals surface area contributed by atoms with E-state index < -0.39 is 0 Å². The molecule has 0 atom stereocenters. The van der Waals surface area contributed by atoms with E-state index >= 15 is 0 Å². The Balaban J connectivity index is 3.11. The third kappa shape index (κ3) is 2.55.